The number of nitrogens with one attached hydrogen (secondary N) is 1. The largest absolute Gasteiger partial charge is 0.444 e. The molecule has 0 aromatic heterocycles. The van der Waals surface area contributed by atoms with E-state index in [1.54, 1.807) is 0 Å². The first-order valence-electron chi connectivity index (χ1n) is 8.34. The van der Waals surface area contributed by atoms with Gasteiger partial charge in [0.1, 0.15) is 5.60 Å². The van der Waals surface area contributed by atoms with Crippen molar-refractivity contribution in [2.75, 3.05) is 6.54 Å². The number of rotatable bonds is 6. The second-order valence-corrected chi connectivity index (χ2v) is 6.91. The second kappa shape index (κ2) is 7.96. The van der Waals surface area contributed by atoms with Crippen LogP contribution in [0, 0.1) is 0 Å². The molecule has 1 aromatic carbocycles. The zero-order valence-electron chi connectivity index (χ0n) is 14.8. The summed E-state index contributed by atoms with van der Waals surface area (Å²) in [6.07, 6.45) is 3.22. The minimum absolute atomic E-state index is 0.253. The summed E-state index contributed by atoms with van der Waals surface area (Å²) in [5.74, 6) is -0.581. The van der Waals surface area contributed by atoms with E-state index < -0.39 is 11.7 Å². The number of ether oxygens (including phenoxy) is 1. The number of benzene rings is 1. The Bertz CT molecular complexity index is 644. The number of carbonyl (C=O) groups is 3. The third-order valence-electron chi connectivity index (χ3n) is 3.67. The van der Waals surface area contributed by atoms with Gasteiger partial charge in [-0.25, -0.2) is 4.79 Å². The van der Waals surface area contributed by atoms with E-state index in [9.17, 15) is 14.4 Å². The standard InChI is InChI=1S/C19H24N2O4/c1-19(2,3)25-18(24)20-15(14-8-5-4-6-9-14)10-7-13-21-16(22)11-12-17(21)23/h4-6,8-9,11-12,15H,7,10,13H2,1-3H3,(H,20,24). The van der Waals surface area contributed by atoms with Crippen molar-refractivity contribution >= 4 is 17.9 Å². The molecule has 1 aliphatic rings. The third-order valence-corrected chi connectivity index (χ3v) is 3.67. The van der Waals surface area contributed by atoms with E-state index in [-0.39, 0.29) is 17.9 Å². The summed E-state index contributed by atoms with van der Waals surface area (Å²) in [5.41, 5.74) is 0.372. The SMILES string of the molecule is CC(C)(C)OC(=O)NC(CCCN1C(=O)C=CC1=O)c1ccccc1. The molecule has 0 spiro atoms. The van der Waals surface area contributed by atoms with Gasteiger partial charge in [-0.1, -0.05) is 30.3 Å². The van der Waals surface area contributed by atoms with Crippen LogP contribution in [0.15, 0.2) is 42.5 Å². The van der Waals surface area contributed by atoms with Crippen LogP contribution in [0.4, 0.5) is 4.79 Å². The zero-order chi connectivity index (χ0) is 18.4. The van der Waals surface area contributed by atoms with Crippen molar-refractivity contribution in [1.82, 2.24) is 10.2 Å². The Kier molecular flexibility index (Phi) is 5.96. The van der Waals surface area contributed by atoms with Gasteiger partial charge in [0, 0.05) is 18.7 Å². The monoisotopic (exact) mass is 344 g/mol. The second-order valence-electron chi connectivity index (χ2n) is 6.91. The first-order chi connectivity index (χ1) is 11.8. The molecule has 1 N–H and O–H groups in total. The molecule has 0 aliphatic carbocycles. The number of hydrogen-bond donors (Lipinski definition) is 1. The number of alkyl carbamates (subject to hydrolysis) is 1. The molecule has 2 rings (SSSR count). The molecule has 3 amide bonds. The van der Waals surface area contributed by atoms with Gasteiger partial charge in [0.05, 0.1) is 6.04 Å². The summed E-state index contributed by atoms with van der Waals surface area (Å²) in [6, 6.07) is 9.30. The van der Waals surface area contributed by atoms with Gasteiger partial charge < -0.3 is 10.1 Å². The molecule has 1 unspecified atom stereocenters. The maximum atomic E-state index is 12.1. The fraction of sp³-hybridized carbons (Fsp3) is 0.421. The highest BCUT2D eigenvalue weighted by Crippen LogP contribution is 2.20. The van der Waals surface area contributed by atoms with Gasteiger partial charge in [-0.2, -0.15) is 0 Å². The van der Waals surface area contributed by atoms with E-state index in [0.717, 1.165) is 5.56 Å². The van der Waals surface area contributed by atoms with Gasteiger partial charge in [-0.05, 0) is 39.2 Å². The highest BCUT2D eigenvalue weighted by molar-refractivity contribution is 6.12. The summed E-state index contributed by atoms with van der Waals surface area (Å²) >= 11 is 0. The average molecular weight is 344 g/mol. The molecule has 1 heterocycles. The summed E-state index contributed by atoms with van der Waals surface area (Å²) < 4.78 is 5.32. The topological polar surface area (TPSA) is 75.7 Å². The molecule has 6 nitrogen and oxygen atoms in total. The van der Waals surface area contributed by atoms with E-state index in [4.69, 9.17) is 4.74 Å². The summed E-state index contributed by atoms with van der Waals surface area (Å²) in [6.45, 7) is 5.75. The highest BCUT2D eigenvalue weighted by Gasteiger charge is 2.24. The van der Waals surface area contributed by atoms with E-state index in [2.05, 4.69) is 5.32 Å². The predicted octanol–water partition coefficient (Wildman–Crippen LogP) is 2.96. The van der Waals surface area contributed by atoms with Crippen molar-refractivity contribution in [2.24, 2.45) is 0 Å². The van der Waals surface area contributed by atoms with Gasteiger partial charge in [0.15, 0.2) is 0 Å². The molecule has 0 saturated heterocycles. The summed E-state index contributed by atoms with van der Waals surface area (Å²) in [4.78, 5) is 36.5. The Morgan fingerprint density at radius 3 is 2.28 bits per heavy atom. The lowest BCUT2D eigenvalue weighted by Crippen LogP contribution is -2.36. The molecule has 134 valence electrons. The van der Waals surface area contributed by atoms with Crippen molar-refractivity contribution in [3.8, 4) is 0 Å². The minimum atomic E-state index is -0.578. The van der Waals surface area contributed by atoms with Crippen LogP contribution >= 0.6 is 0 Å². The van der Waals surface area contributed by atoms with Crippen LogP contribution in [0.3, 0.4) is 0 Å². The van der Waals surface area contributed by atoms with Gasteiger partial charge in [0.2, 0.25) is 0 Å². The van der Waals surface area contributed by atoms with E-state index in [0.29, 0.717) is 19.4 Å². The Balaban J connectivity index is 1.96. The van der Waals surface area contributed by atoms with Gasteiger partial charge in [-0.15, -0.1) is 0 Å². The number of imide groups is 1. The third kappa shape index (κ3) is 5.74. The molecule has 0 fully saturated rings. The molecule has 0 saturated carbocycles. The van der Waals surface area contributed by atoms with Gasteiger partial charge in [-0.3, -0.25) is 14.5 Å². The molecular weight excluding hydrogens is 320 g/mol. The van der Waals surface area contributed by atoms with Crippen molar-refractivity contribution in [1.29, 1.82) is 0 Å². The van der Waals surface area contributed by atoms with Crippen LogP contribution < -0.4 is 5.32 Å². The molecule has 1 atom stereocenters. The lowest BCUT2D eigenvalue weighted by Gasteiger charge is -2.24. The van der Waals surface area contributed by atoms with Gasteiger partial charge >= 0.3 is 6.09 Å². The average Bonchev–Trinajstić information content (AvgIpc) is 2.85. The van der Waals surface area contributed by atoms with Crippen LogP contribution in [-0.2, 0) is 14.3 Å². The number of carbonyl (C=O) groups excluding carboxylic acids is 3. The Morgan fingerprint density at radius 2 is 1.72 bits per heavy atom. The van der Waals surface area contributed by atoms with Crippen LogP contribution in [0.5, 0.6) is 0 Å². The maximum Gasteiger partial charge on any atom is 0.408 e. The molecule has 1 aromatic rings. The Hall–Kier alpha value is -2.63. The van der Waals surface area contributed by atoms with E-state index >= 15 is 0 Å². The number of amides is 3. The Morgan fingerprint density at radius 1 is 1.12 bits per heavy atom. The lowest BCUT2D eigenvalue weighted by molar-refractivity contribution is -0.136. The van der Waals surface area contributed by atoms with Crippen molar-refractivity contribution in [3.05, 3.63) is 48.0 Å². The summed E-state index contributed by atoms with van der Waals surface area (Å²) in [5, 5.41) is 2.87. The van der Waals surface area contributed by atoms with Crippen LogP contribution in [0.2, 0.25) is 0 Å². The zero-order valence-corrected chi connectivity index (χ0v) is 14.8. The van der Waals surface area contributed by atoms with Crippen molar-refractivity contribution in [2.45, 2.75) is 45.3 Å². The fourth-order valence-corrected chi connectivity index (χ4v) is 2.56. The van der Waals surface area contributed by atoms with Crippen LogP contribution in [0.1, 0.15) is 45.2 Å². The molecule has 1 aliphatic heterocycles. The van der Waals surface area contributed by atoms with Crippen LogP contribution in [-0.4, -0.2) is 35.0 Å². The number of hydrogen-bond acceptors (Lipinski definition) is 4. The highest BCUT2D eigenvalue weighted by atomic mass is 16.6. The van der Waals surface area contributed by atoms with Crippen molar-refractivity contribution < 1.29 is 19.1 Å². The summed E-state index contributed by atoms with van der Waals surface area (Å²) in [7, 11) is 0. The smallest absolute Gasteiger partial charge is 0.408 e. The minimum Gasteiger partial charge on any atom is -0.444 e. The molecule has 25 heavy (non-hydrogen) atoms. The van der Waals surface area contributed by atoms with Gasteiger partial charge in [0.25, 0.3) is 11.8 Å². The first kappa shape index (κ1) is 18.7. The fourth-order valence-electron chi connectivity index (χ4n) is 2.56. The normalized spacial score (nSPS) is 15.4. The van der Waals surface area contributed by atoms with E-state index in [1.165, 1.54) is 17.1 Å². The van der Waals surface area contributed by atoms with Crippen LogP contribution in [0.25, 0.3) is 0 Å². The number of nitrogens with zero attached hydrogens (tertiary/aromatic N) is 1. The molecule has 0 bridgehead atoms. The quantitative estimate of drug-likeness (QED) is 0.805. The molecule has 0 radical (unpaired) electrons. The molecule has 6 heteroatoms. The predicted molar refractivity (Wildman–Crippen MR) is 93.6 cm³/mol. The lowest BCUT2D eigenvalue weighted by atomic mass is 10.0. The Labute approximate surface area is 147 Å². The molecular formula is C19H24N2O4. The first-order valence-corrected chi connectivity index (χ1v) is 8.34. The maximum absolute atomic E-state index is 12.1. The van der Waals surface area contributed by atoms with E-state index in [1.807, 2.05) is 51.1 Å². The van der Waals surface area contributed by atoms with Crippen molar-refractivity contribution in [3.63, 3.8) is 0 Å².